The minimum atomic E-state index is -0.296. The van der Waals surface area contributed by atoms with Crippen molar-refractivity contribution in [2.75, 3.05) is 24.0 Å². The van der Waals surface area contributed by atoms with E-state index in [4.69, 9.17) is 9.47 Å². The fourth-order valence-corrected chi connectivity index (χ4v) is 3.99. The molecule has 1 aliphatic rings. The van der Waals surface area contributed by atoms with Gasteiger partial charge in [-0.25, -0.2) is 0 Å². The van der Waals surface area contributed by atoms with Crippen LogP contribution in [-0.2, 0) is 9.59 Å². The highest BCUT2D eigenvalue weighted by atomic mass is 79.9. The Morgan fingerprint density at radius 2 is 1.76 bits per heavy atom. The zero-order chi connectivity index (χ0) is 24.1. The first-order valence-electron chi connectivity index (χ1n) is 10.5. The van der Waals surface area contributed by atoms with E-state index in [1.165, 1.54) is 12.1 Å². The van der Waals surface area contributed by atoms with E-state index in [1.54, 1.807) is 37.3 Å². The van der Waals surface area contributed by atoms with Crippen molar-refractivity contribution in [3.63, 3.8) is 0 Å². The Kier molecular flexibility index (Phi) is 7.08. The van der Waals surface area contributed by atoms with Crippen LogP contribution >= 0.6 is 15.9 Å². The molecule has 0 radical (unpaired) electrons. The third kappa shape index (κ3) is 5.18. The van der Waals surface area contributed by atoms with E-state index in [9.17, 15) is 9.59 Å². The third-order valence-corrected chi connectivity index (χ3v) is 5.62. The number of methoxy groups -OCH3 is 1. The molecule has 3 aromatic rings. The highest BCUT2D eigenvalue weighted by molar-refractivity contribution is 9.10. The molecule has 1 aliphatic heterocycles. The molecule has 0 spiro atoms. The summed E-state index contributed by atoms with van der Waals surface area (Å²) in [7, 11) is 1.51. The minimum absolute atomic E-state index is 0.194. The van der Waals surface area contributed by atoms with Gasteiger partial charge >= 0.3 is 0 Å². The molecule has 0 saturated carbocycles. The molecule has 7 nitrogen and oxygen atoms in total. The maximum absolute atomic E-state index is 13.0. The van der Waals surface area contributed by atoms with Gasteiger partial charge < -0.3 is 14.8 Å². The zero-order valence-corrected chi connectivity index (χ0v) is 20.2. The maximum atomic E-state index is 13.0. The molecule has 0 unspecified atom stereocenters. The Morgan fingerprint density at radius 1 is 1.09 bits per heavy atom. The summed E-state index contributed by atoms with van der Waals surface area (Å²) in [5.41, 5.74) is 3.20. The van der Waals surface area contributed by atoms with E-state index in [1.807, 2.05) is 48.5 Å². The van der Waals surface area contributed by atoms with Gasteiger partial charge in [0.1, 0.15) is 0 Å². The number of nitrogens with one attached hydrogen (secondary N) is 1. The van der Waals surface area contributed by atoms with Gasteiger partial charge in [-0.2, -0.15) is 10.1 Å². The van der Waals surface area contributed by atoms with Gasteiger partial charge in [-0.3, -0.25) is 9.59 Å². The largest absolute Gasteiger partial charge is 0.493 e. The fourth-order valence-electron chi connectivity index (χ4n) is 3.41. The monoisotopic (exact) mass is 519 g/mol. The van der Waals surface area contributed by atoms with Gasteiger partial charge in [-0.05, 0) is 70.9 Å². The van der Waals surface area contributed by atoms with E-state index >= 15 is 0 Å². The topological polar surface area (TPSA) is 80.2 Å². The lowest BCUT2D eigenvalue weighted by Gasteiger charge is -2.14. The molecule has 0 fully saturated rings. The van der Waals surface area contributed by atoms with Crippen LogP contribution in [0.3, 0.4) is 0 Å². The predicted octanol–water partition coefficient (Wildman–Crippen LogP) is 5.28. The first kappa shape index (κ1) is 23.3. The Bertz CT molecular complexity index is 1270. The van der Waals surface area contributed by atoms with Crippen LogP contribution in [0.15, 0.2) is 87.9 Å². The summed E-state index contributed by atoms with van der Waals surface area (Å²) in [6.07, 6.45) is 1.75. The number of hydrogen-bond acceptors (Lipinski definition) is 5. The van der Waals surface area contributed by atoms with Crippen LogP contribution in [0.2, 0.25) is 0 Å². The van der Waals surface area contributed by atoms with Crippen molar-refractivity contribution in [1.29, 1.82) is 0 Å². The van der Waals surface area contributed by atoms with E-state index in [0.29, 0.717) is 38.6 Å². The highest BCUT2D eigenvalue weighted by Gasteiger charge is 2.28. The number of nitrogens with zero attached hydrogens (tertiary/aromatic N) is 2. The Labute approximate surface area is 205 Å². The summed E-state index contributed by atoms with van der Waals surface area (Å²) >= 11 is 3.49. The molecule has 0 atom stereocenters. The second kappa shape index (κ2) is 10.4. The number of anilines is 2. The van der Waals surface area contributed by atoms with Gasteiger partial charge in [0, 0.05) is 5.69 Å². The van der Waals surface area contributed by atoms with Crippen molar-refractivity contribution in [3.8, 4) is 11.5 Å². The summed E-state index contributed by atoms with van der Waals surface area (Å²) < 4.78 is 11.8. The second-order valence-corrected chi connectivity index (χ2v) is 8.29. The molecule has 172 valence electrons. The predicted molar refractivity (Wildman–Crippen MR) is 136 cm³/mol. The molecule has 0 bridgehead atoms. The summed E-state index contributed by atoms with van der Waals surface area (Å²) in [5.74, 6) is 0.308. The number of carbonyl (C=O) groups is 2. The van der Waals surface area contributed by atoms with Crippen molar-refractivity contribution in [3.05, 3.63) is 88.4 Å². The van der Waals surface area contributed by atoms with Crippen molar-refractivity contribution in [1.82, 2.24) is 0 Å². The van der Waals surface area contributed by atoms with E-state index in [-0.39, 0.29) is 18.4 Å². The number of para-hydroxylation sites is 2. The van der Waals surface area contributed by atoms with Gasteiger partial charge in [0.25, 0.3) is 11.8 Å². The average Bonchev–Trinajstić information content (AvgIpc) is 3.12. The lowest BCUT2D eigenvalue weighted by atomic mass is 10.1. The van der Waals surface area contributed by atoms with Crippen molar-refractivity contribution >= 4 is 50.9 Å². The number of hydrazone groups is 1. The molecule has 4 rings (SSSR count). The van der Waals surface area contributed by atoms with Crippen molar-refractivity contribution in [2.45, 2.75) is 6.92 Å². The first-order chi connectivity index (χ1) is 16.5. The molecule has 1 N–H and O–H groups in total. The quantitative estimate of drug-likeness (QED) is 0.430. The molecule has 0 aliphatic carbocycles. The number of ether oxygens (including phenoxy) is 2. The SMILES string of the molecule is COc1cc(/C=C2/C(=O)N(c3ccccc3)N=C2C)cc(Br)c1OCC(=O)Nc1ccccc1. The summed E-state index contributed by atoms with van der Waals surface area (Å²) in [4.78, 5) is 25.2. The Hall–Kier alpha value is -3.91. The summed E-state index contributed by atoms with van der Waals surface area (Å²) in [6, 6.07) is 21.9. The van der Waals surface area contributed by atoms with Crippen LogP contribution in [0.25, 0.3) is 6.08 Å². The van der Waals surface area contributed by atoms with Gasteiger partial charge in [-0.1, -0.05) is 36.4 Å². The highest BCUT2D eigenvalue weighted by Crippen LogP contribution is 2.37. The molecule has 8 heteroatoms. The molecule has 3 aromatic carbocycles. The van der Waals surface area contributed by atoms with Gasteiger partial charge in [0.05, 0.1) is 28.6 Å². The van der Waals surface area contributed by atoms with E-state index in [0.717, 1.165) is 5.56 Å². The van der Waals surface area contributed by atoms with Crippen LogP contribution < -0.4 is 19.8 Å². The number of rotatable bonds is 7. The minimum Gasteiger partial charge on any atom is -0.493 e. The lowest BCUT2D eigenvalue weighted by Crippen LogP contribution is -2.21. The van der Waals surface area contributed by atoms with Gasteiger partial charge in [0.15, 0.2) is 18.1 Å². The Balaban J connectivity index is 1.51. The lowest BCUT2D eigenvalue weighted by molar-refractivity contribution is -0.118. The van der Waals surface area contributed by atoms with Crippen LogP contribution in [0.1, 0.15) is 12.5 Å². The maximum Gasteiger partial charge on any atom is 0.280 e. The molecule has 2 amide bonds. The standard InChI is InChI=1S/C26H22BrN3O4/c1-17-21(26(32)30(29-17)20-11-7-4-8-12-20)13-18-14-22(27)25(23(15-18)33-2)34-16-24(31)28-19-9-5-3-6-10-19/h3-15H,16H2,1-2H3,(H,28,31)/b21-13+. The van der Waals surface area contributed by atoms with Crippen molar-refractivity contribution in [2.24, 2.45) is 5.10 Å². The molecule has 34 heavy (non-hydrogen) atoms. The number of hydrogen-bond donors (Lipinski definition) is 1. The second-order valence-electron chi connectivity index (χ2n) is 7.43. The fraction of sp³-hybridized carbons (Fsp3) is 0.115. The molecule has 1 heterocycles. The molecular weight excluding hydrogens is 498 g/mol. The molecular formula is C26H22BrN3O4. The molecule has 0 aromatic heterocycles. The number of amides is 2. The van der Waals surface area contributed by atoms with Crippen molar-refractivity contribution < 1.29 is 19.1 Å². The Morgan fingerprint density at radius 3 is 2.44 bits per heavy atom. The number of benzene rings is 3. The van der Waals surface area contributed by atoms with Gasteiger partial charge in [-0.15, -0.1) is 0 Å². The zero-order valence-electron chi connectivity index (χ0n) is 18.6. The molecule has 0 saturated heterocycles. The van der Waals surface area contributed by atoms with Gasteiger partial charge in [0.2, 0.25) is 0 Å². The smallest absolute Gasteiger partial charge is 0.280 e. The van der Waals surface area contributed by atoms with E-state index in [2.05, 4.69) is 26.3 Å². The average molecular weight is 520 g/mol. The van der Waals surface area contributed by atoms with Crippen LogP contribution in [0.4, 0.5) is 11.4 Å². The summed E-state index contributed by atoms with van der Waals surface area (Å²) in [6.45, 7) is 1.60. The van der Waals surface area contributed by atoms with Crippen LogP contribution in [0.5, 0.6) is 11.5 Å². The summed E-state index contributed by atoms with van der Waals surface area (Å²) in [5, 5.41) is 8.56. The number of halogens is 1. The van der Waals surface area contributed by atoms with Crippen LogP contribution in [-0.4, -0.2) is 31.2 Å². The van der Waals surface area contributed by atoms with Crippen LogP contribution in [0, 0.1) is 0 Å². The van der Waals surface area contributed by atoms with E-state index < -0.39 is 0 Å². The third-order valence-electron chi connectivity index (χ3n) is 5.03. The number of carbonyl (C=O) groups excluding carboxylic acids is 2. The normalized spacial score (nSPS) is 14.2. The first-order valence-corrected chi connectivity index (χ1v) is 11.3.